The summed E-state index contributed by atoms with van der Waals surface area (Å²) in [6.45, 7) is 5.65. The fraction of sp³-hybridized carbons (Fsp3) is 0.733. The van der Waals surface area contributed by atoms with Crippen molar-refractivity contribution in [2.24, 2.45) is 0 Å². The zero-order valence-electron chi connectivity index (χ0n) is 12.9. The van der Waals surface area contributed by atoms with E-state index in [9.17, 15) is 4.79 Å². The molecule has 6 heteroatoms. The highest BCUT2D eigenvalue weighted by molar-refractivity contribution is 5.95. The summed E-state index contributed by atoms with van der Waals surface area (Å²) in [6, 6.07) is 0. The van der Waals surface area contributed by atoms with E-state index in [4.69, 9.17) is 9.47 Å². The molecule has 2 aliphatic rings. The second-order valence-corrected chi connectivity index (χ2v) is 6.61. The van der Waals surface area contributed by atoms with E-state index < -0.39 is 0 Å². The van der Waals surface area contributed by atoms with Crippen molar-refractivity contribution in [2.45, 2.75) is 44.3 Å². The smallest absolute Gasteiger partial charge is 0.257 e. The van der Waals surface area contributed by atoms with Gasteiger partial charge in [0.05, 0.1) is 35.8 Å². The Hall–Kier alpha value is -1.40. The molecule has 2 fully saturated rings. The molecule has 2 heterocycles. The number of carbonyl (C=O) groups is 1. The van der Waals surface area contributed by atoms with Crippen LogP contribution in [0, 0.1) is 0 Å². The van der Waals surface area contributed by atoms with Crippen LogP contribution in [0.5, 0.6) is 0 Å². The Balaban J connectivity index is 1.77. The molecule has 0 aromatic carbocycles. The molecule has 1 N–H and O–H groups in total. The molecular formula is C15H23N3O3. The monoisotopic (exact) mass is 293 g/mol. The van der Waals surface area contributed by atoms with Crippen molar-refractivity contribution in [3.63, 3.8) is 0 Å². The predicted molar refractivity (Wildman–Crippen MR) is 77.3 cm³/mol. The minimum absolute atomic E-state index is 0.0446. The molecule has 1 amide bonds. The molecule has 1 aliphatic heterocycles. The minimum Gasteiger partial charge on any atom is -0.382 e. The van der Waals surface area contributed by atoms with Gasteiger partial charge in [-0.3, -0.25) is 9.89 Å². The minimum atomic E-state index is -0.361. The number of ether oxygens (including phenoxy) is 2. The normalized spacial score (nSPS) is 25.1. The van der Waals surface area contributed by atoms with Gasteiger partial charge < -0.3 is 14.4 Å². The molecule has 0 bridgehead atoms. The van der Waals surface area contributed by atoms with Gasteiger partial charge in [-0.25, -0.2) is 0 Å². The van der Waals surface area contributed by atoms with Crippen molar-refractivity contribution >= 4 is 5.91 Å². The lowest BCUT2D eigenvalue weighted by atomic mass is 10.0. The van der Waals surface area contributed by atoms with Gasteiger partial charge in [-0.1, -0.05) is 0 Å². The molecule has 0 radical (unpaired) electrons. The Labute approximate surface area is 124 Å². The van der Waals surface area contributed by atoms with Crippen LogP contribution >= 0.6 is 0 Å². The first kappa shape index (κ1) is 14.5. The largest absolute Gasteiger partial charge is 0.382 e. The van der Waals surface area contributed by atoms with Gasteiger partial charge in [0.1, 0.15) is 0 Å². The fourth-order valence-corrected chi connectivity index (χ4v) is 3.04. The van der Waals surface area contributed by atoms with Gasteiger partial charge >= 0.3 is 0 Å². The Morgan fingerprint density at radius 3 is 3.00 bits per heavy atom. The van der Waals surface area contributed by atoms with Crippen molar-refractivity contribution in [3.8, 4) is 0 Å². The van der Waals surface area contributed by atoms with Crippen LogP contribution < -0.4 is 0 Å². The average molecular weight is 293 g/mol. The van der Waals surface area contributed by atoms with Gasteiger partial charge in [-0.05, 0) is 26.7 Å². The van der Waals surface area contributed by atoms with Crippen LogP contribution in [-0.2, 0) is 9.47 Å². The Bertz CT molecular complexity index is 522. The van der Waals surface area contributed by atoms with Gasteiger partial charge in [0, 0.05) is 26.1 Å². The summed E-state index contributed by atoms with van der Waals surface area (Å²) in [5, 5.41) is 7.05. The number of aromatic nitrogens is 2. The number of amides is 1. The van der Waals surface area contributed by atoms with Crippen LogP contribution in [0.3, 0.4) is 0 Å². The van der Waals surface area contributed by atoms with Crippen LogP contribution in [0.15, 0.2) is 6.20 Å². The highest BCUT2D eigenvalue weighted by Crippen LogP contribution is 2.40. The number of nitrogens with one attached hydrogen (secondary N) is 1. The SMILES string of the molecule is COC[C@H]1CN(C(=O)c2cn[nH]c2C2CC2)CC(C)(C)O1. The van der Waals surface area contributed by atoms with E-state index in [1.54, 1.807) is 13.3 Å². The number of H-pyrrole nitrogens is 1. The fourth-order valence-electron chi connectivity index (χ4n) is 3.04. The summed E-state index contributed by atoms with van der Waals surface area (Å²) in [4.78, 5) is 14.7. The van der Waals surface area contributed by atoms with Crippen LogP contribution in [0.4, 0.5) is 0 Å². The molecule has 21 heavy (non-hydrogen) atoms. The quantitative estimate of drug-likeness (QED) is 0.914. The number of nitrogens with zero attached hydrogens (tertiary/aromatic N) is 2. The van der Waals surface area contributed by atoms with Crippen molar-refractivity contribution in [1.29, 1.82) is 0 Å². The Morgan fingerprint density at radius 2 is 2.33 bits per heavy atom. The first-order valence-corrected chi connectivity index (χ1v) is 7.49. The standard InChI is InChI=1S/C15H23N3O3/c1-15(2)9-18(7-11(21-15)8-20-3)14(19)12-6-16-17-13(12)10-4-5-10/h6,10-11H,4-5,7-9H2,1-3H3,(H,16,17)/t11-/m1/s1. The zero-order valence-corrected chi connectivity index (χ0v) is 12.9. The van der Waals surface area contributed by atoms with Crippen molar-refractivity contribution in [2.75, 3.05) is 26.8 Å². The highest BCUT2D eigenvalue weighted by atomic mass is 16.5. The van der Waals surface area contributed by atoms with Crippen molar-refractivity contribution < 1.29 is 14.3 Å². The third kappa shape index (κ3) is 3.11. The lowest BCUT2D eigenvalue weighted by Gasteiger charge is -2.42. The molecular weight excluding hydrogens is 270 g/mol. The van der Waals surface area contributed by atoms with Gasteiger partial charge in [0.15, 0.2) is 0 Å². The van der Waals surface area contributed by atoms with Crippen LogP contribution in [0.2, 0.25) is 0 Å². The molecule has 1 aliphatic carbocycles. The molecule has 6 nitrogen and oxygen atoms in total. The Kier molecular flexibility index (Phi) is 3.75. The van der Waals surface area contributed by atoms with Gasteiger partial charge in [0.2, 0.25) is 0 Å². The van der Waals surface area contributed by atoms with Crippen LogP contribution in [-0.4, -0.2) is 59.5 Å². The summed E-state index contributed by atoms with van der Waals surface area (Å²) in [5.74, 6) is 0.526. The third-order valence-electron chi connectivity index (χ3n) is 4.01. The molecule has 1 aromatic rings. The highest BCUT2D eigenvalue weighted by Gasteiger charge is 2.38. The molecule has 0 unspecified atom stereocenters. The molecule has 1 saturated heterocycles. The second kappa shape index (κ2) is 5.42. The summed E-state index contributed by atoms with van der Waals surface area (Å²) in [5.41, 5.74) is 1.35. The van der Waals surface area contributed by atoms with Gasteiger partial charge in [-0.2, -0.15) is 5.10 Å². The first-order valence-electron chi connectivity index (χ1n) is 7.49. The molecule has 1 aromatic heterocycles. The maximum Gasteiger partial charge on any atom is 0.257 e. The van der Waals surface area contributed by atoms with Gasteiger partial charge in [-0.15, -0.1) is 0 Å². The topological polar surface area (TPSA) is 67.5 Å². The summed E-state index contributed by atoms with van der Waals surface area (Å²) >= 11 is 0. The first-order chi connectivity index (χ1) is 10.00. The maximum atomic E-state index is 12.8. The summed E-state index contributed by atoms with van der Waals surface area (Å²) in [6.07, 6.45) is 3.86. The summed E-state index contributed by atoms with van der Waals surface area (Å²) in [7, 11) is 1.65. The predicted octanol–water partition coefficient (Wildman–Crippen LogP) is 1.55. The average Bonchev–Trinajstić information content (AvgIpc) is 3.14. The van der Waals surface area contributed by atoms with Crippen LogP contribution in [0.25, 0.3) is 0 Å². The number of rotatable bonds is 4. The number of aromatic amines is 1. The van der Waals surface area contributed by atoms with E-state index in [1.807, 2.05) is 18.7 Å². The molecule has 0 spiro atoms. The van der Waals surface area contributed by atoms with E-state index in [-0.39, 0.29) is 17.6 Å². The van der Waals surface area contributed by atoms with E-state index in [0.717, 1.165) is 18.5 Å². The number of carbonyl (C=O) groups excluding carboxylic acids is 1. The molecule has 1 saturated carbocycles. The van der Waals surface area contributed by atoms with Crippen LogP contribution in [0.1, 0.15) is 48.7 Å². The van der Waals surface area contributed by atoms with E-state index >= 15 is 0 Å². The van der Waals surface area contributed by atoms with Gasteiger partial charge in [0.25, 0.3) is 5.91 Å². The van der Waals surface area contributed by atoms with Crippen molar-refractivity contribution in [3.05, 3.63) is 17.5 Å². The zero-order chi connectivity index (χ0) is 15.0. The molecule has 116 valence electrons. The third-order valence-corrected chi connectivity index (χ3v) is 4.01. The Morgan fingerprint density at radius 1 is 1.57 bits per heavy atom. The van der Waals surface area contributed by atoms with E-state index in [0.29, 0.717) is 31.2 Å². The molecule has 3 rings (SSSR count). The number of morpholine rings is 1. The number of hydrogen-bond donors (Lipinski definition) is 1. The van der Waals surface area contributed by atoms with E-state index in [2.05, 4.69) is 10.2 Å². The second-order valence-electron chi connectivity index (χ2n) is 6.61. The summed E-state index contributed by atoms with van der Waals surface area (Å²) < 4.78 is 11.1. The lowest BCUT2D eigenvalue weighted by molar-refractivity contribution is -0.143. The number of hydrogen-bond acceptors (Lipinski definition) is 4. The lowest BCUT2D eigenvalue weighted by Crippen LogP contribution is -2.55. The van der Waals surface area contributed by atoms with Crippen molar-refractivity contribution in [1.82, 2.24) is 15.1 Å². The molecule has 1 atom stereocenters. The number of methoxy groups -OCH3 is 1. The maximum absolute atomic E-state index is 12.8. The van der Waals surface area contributed by atoms with E-state index in [1.165, 1.54) is 0 Å².